The molecular formula is C10H20Cr. The molecule has 0 aliphatic rings. The summed E-state index contributed by atoms with van der Waals surface area (Å²) in [5, 5.41) is 0. The van der Waals surface area contributed by atoms with Crippen molar-refractivity contribution in [2.24, 2.45) is 0 Å². The second-order valence-electron chi connectivity index (χ2n) is 0.962. The quantitative estimate of drug-likeness (QED) is 0.550. The minimum Gasteiger partial charge on any atom is -0.358 e. The predicted molar refractivity (Wildman–Crippen MR) is 54.1 cm³/mol. The zero-order valence-electron chi connectivity index (χ0n) is 8.29. The fraction of sp³-hybridized carbons (Fsp3) is 0. The van der Waals surface area contributed by atoms with Crippen LogP contribution in [0.3, 0.4) is 0 Å². The van der Waals surface area contributed by atoms with Gasteiger partial charge in [0.05, 0.1) is 0 Å². The Morgan fingerprint density at radius 2 is 0.909 bits per heavy atom. The molecule has 66 valence electrons. The molecule has 0 aliphatic carbocycles. The van der Waals surface area contributed by atoms with Gasteiger partial charge in [0.2, 0.25) is 0 Å². The molecule has 1 aromatic carbocycles. The van der Waals surface area contributed by atoms with Crippen molar-refractivity contribution in [3.63, 3.8) is 0 Å². The fourth-order valence-corrected chi connectivity index (χ4v) is 0.321. The number of hydrogen-bond donors (Lipinski definition) is 0. The molecular weight excluding hydrogens is 172 g/mol. The molecule has 1 aromatic rings. The molecule has 0 amide bonds. The minimum absolute atomic E-state index is 0. The molecule has 0 aliphatic heterocycles. The van der Waals surface area contributed by atoms with E-state index in [2.05, 4.69) is 0 Å². The second kappa shape index (κ2) is 32.7. The van der Waals surface area contributed by atoms with Crippen LogP contribution in [-0.4, -0.2) is 0 Å². The SMILES string of the molecule is [CH3-].[CH3-].[CH3-].[CH3-].[CH3-].[Cr+6].c1cc[cH-]c1. The summed E-state index contributed by atoms with van der Waals surface area (Å²) in [4.78, 5) is 0. The second-order valence-corrected chi connectivity index (χ2v) is 0.962. The maximum absolute atomic E-state index is 2.00. The van der Waals surface area contributed by atoms with Gasteiger partial charge in [0.1, 0.15) is 0 Å². The summed E-state index contributed by atoms with van der Waals surface area (Å²) in [5.74, 6) is 0. The summed E-state index contributed by atoms with van der Waals surface area (Å²) in [6, 6.07) is 10.0. The molecule has 0 unspecified atom stereocenters. The van der Waals surface area contributed by atoms with Gasteiger partial charge in [-0.3, -0.25) is 0 Å². The first-order chi connectivity index (χ1) is 2.50. The molecule has 0 spiro atoms. The first-order valence-corrected chi connectivity index (χ1v) is 1.67. The maximum atomic E-state index is 2.00. The molecule has 0 fully saturated rings. The van der Waals surface area contributed by atoms with Crippen LogP contribution in [0.1, 0.15) is 0 Å². The third-order valence-electron chi connectivity index (χ3n) is 0.556. The zero-order valence-corrected chi connectivity index (χ0v) is 9.57. The Morgan fingerprint density at radius 1 is 0.636 bits per heavy atom. The van der Waals surface area contributed by atoms with E-state index in [4.69, 9.17) is 0 Å². The van der Waals surface area contributed by atoms with Crippen molar-refractivity contribution in [2.75, 3.05) is 0 Å². The van der Waals surface area contributed by atoms with Crippen LogP contribution >= 0.6 is 0 Å². The van der Waals surface area contributed by atoms with Crippen LogP contribution in [-0.2, 0) is 17.4 Å². The Hall–Kier alpha value is -0.118. The Kier molecular flexibility index (Phi) is 133. The van der Waals surface area contributed by atoms with E-state index in [9.17, 15) is 0 Å². The molecule has 0 nitrogen and oxygen atoms in total. The zero-order chi connectivity index (χ0) is 3.54. The first-order valence-electron chi connectivity index (χ1n) is 1.67. The monoisotopic (exact) mass is 192 g/mol. The van der Waals surface area contributed by atoms with Crippen LogP contribution < -0.4 is 0 Å². The Labute approximate surface area is 85.1 Å². The van der Waals surface area contributed by atoms with E-state index >= 15 is 0 Å². The molecule has 1 heteroatoms. The normalized spacial score (nSPS) is 3.64. The van der Waals surface area contributed by atoms with Gasteiger partial charge in [-0.1, -0.05) is 0 Å². The van der Waals surface area contributed by atoms with Gasteiger partial charge in [0.25, 0.3) is 0 Å². The van der Waals surface area contributed by atoms with Crippen LogP contribution in [0.2, 0.25) is 0 Å². The molecule has 0 bridgehead atoms. The molecule has 0 saturated carbocycles. The van der Waals surface area contributed by atoms with Crippen molar-refractivity contribution in [1.82, 2.24) is 0 Å². The molecule has 0 heterocycles. The van der Waals surface area contributed by atoms with Gasteiger partial charge in [-0.25, -0.2) is 12.1 Å². The van der Waals surface area contributed by atoms with Gasteiger partial charge in [0.15, 0.2) is 0 Å². The van der Waals surface area contributed by atoms with Crippen molar-refractivity contribution >= 4 is 0 Å². The standard InChI is InChI=1S/C5H5.5CH3.Cr/c1-2-4-5-3-1;;;;;;/h1-5H;5*1H3;/q6*-1;+6. The van der Waals surface area contributed by atoms with E-state index in [-0.39, 0.29) is 54.5 Å². The molecule has 11 heavy (non-hydrogen) atoms. The topological polar surface area (TPSA) is 0 Å². The largest absolute Gasteiger partial charge is 6.00 e. The fourth-order valence-electron chi connectivity index (χ4n) is 0.321. The van der Waals surface area contributed by atoms with Gasteiger partial charge in [0, 0.05) is 0 Å². The average molecular weight is 192 g/mol. The maximum Gasteiger partial charge on any atom is 6.00 e. The summed E-state index contributed by atoms with van der Waals surface area (Å²) in [6.07, 6.45) is 0. The van der Waals surface area contributed by atoms with Crippen molar-refractivity contribution in [3.05, 3.63) is 67.5 Å². The van der Waals surface area contributed by atoms with Gasteiger partial charge in [-0.2, -0.15) is 18.2 Å². The van der Waals surface area contributed by atoms with Gasteiger partial charge in [-0.05, 0) is 0 Å². The van der Waals surface area contributed by atoms with E-state index in [1.165, 1.54) is 0 Å². The molecule has 0 N–H and O–H groups in total. The van der Waals surface area contributed by atoms with Crippen molar-refractivity contribution in [1.29, 1.82) is 0 Å². The minimum atomic E-state index is 0. The summed E-state index contributed by atoms with van der Waals surface area (Å²) in [5.41, 5.74) is 0. The third kappa shape index (κ3) is 25.8. The van der Waals surface area contributed by atoms with Crippen molar-refractivity contribution < 1.29 is 17.4 Å². The third-order valence-corrected chi connectivity index (χ3v) is 0.556. The smallest absolute Gasteiger partial charge is 0.358 e. The van der Waals surface area contributed by atoms with Crippen LogP contribution in [0.5, 0.6) is 0 Å². The number of hydrogen-bond acceptors (Lipinski definition) is 0. The van der Waals surface area contributed by atoms with Crippen molar-refractivity contribution in [2.45, 2.75) is 0 Å². The predicted octanol–water partition coefficient (Wildman–Crippen LogP) is 3.65. The summed E-state index contributed by atoms with van der Waals surface area (Å²) in [7, 11) is 0. The molecule has 0 radical (unpaired) electrons. The number of rotatable bonds is 0. The molecule has 0 aromatic heterocycles. The van der Waals surface area contributed by atoms with Crippen LogP contribution in [0.15, 0.2) is 30.3 Å². The molecule has 0 atom stereocenters. The summed E-state index contributed by atoms with van der Waals surface area (Å²) >= 11 is 0. The van der Waals surface area contributed by atoms with E-state index in [0.29, 0.717) is 0 Å². The van der Waals surface area contributed by atoms with E-state index in [1.54, 1.807) is 0 Å². The van der Waals surface area contributed by atoms with E-state index in [0.717, 1.165) is 0 Å². The summed E-state index contributed by atoms with van der Waals surface area (Å²) in [6.45, 7) is 0. The summed E-state index contributed by atoms with van der Waals surface area (Å²) < 4.78 is 0. The Morgan fingerprint density at radius 3 is 1.00 bits per heavy atom. The van der Waals surface area contributed by atoms with Crippen molar-refractivity contribution in [3.8, 4) is 0 Å². The average Bonchev–Trinajstić information content (AvgIpc) is 1.76. The molecule has 0 saturated heterocycles. The van der Waals surface area contributed by atoms with Crippen LogP contribution in [0.25, 0.3) is 0 Å². The van der Waals surface area contributed by atoms with Gasteiger partial charge < -0.3 is 37.1 Å². The van der Waals surface area contributed by atoms with Gasteiger partial charge >= 0.3 is 17.4 Å². The van der Waals surface area contributed by atoms with Crippen LogP contribution in [0.4, 0.5) is 0 Å². The Bertz CT molecular complexity index is 61.3. The Balaban J connectivity index is -0.0000000104. The first kappa shape index (κ1) is 44.6. The van der Waals surface area contributed by atoms with Crippen LogP contribution in [0, 0.1) is 37.1 Å². The molecule has 1 rings (SSSR count). The van der Waals surface area contributed by atoms with E-state index in [1.807, 2.05) is 30.3 Å². The van der Waals surface area contributed by atoms with Gasteiger partial charge in [-0.15, -0.1) is 0 Å². The van der Waals surface area contributed by atoms with E-state index < -0.39 is 0 Å².